The predicted octanol–water partition coefficient (Wildman–Crippen LogP) is 4.16. The van der Waals surface area contributed by atoms with Crippen LogP contribution >= 0.6 is 0 Å². The van der Waals surface area contributed by atoms with Crippen molar-refractivity contribution in [2.75, 3.05) is 18.9 Å². The molecule has 1 aromatic carbocycles. The Morgan fingerprint density at radius 3 is 2.07 bits per heavy atom. The Morgan fingerprint density at radius 1 is 0.907 bits per heavy atom. The van der Waals surface area contributed by atoms with Crippen LogP contribution in [-0.2, 0) is 14.8 Å². The maximum absolute atomic E-state index is 13.6. The van der Waals surface area contributed by atoms with E-state index in [1.165, 1.54) is 51.7 Å². The molecule has 0 spiro atoms. The van der Waals surface area contributed by atoms with Crippen LogP contribution in [-0.4, -0.2) is 70.8 Å². The van der Waals surface area contributed by atoms with Gasteiger partial charge >= 0.3 is 13.2 Å². The molecule has 18 heteroatoms. The van der Waals surface area contributed by atoms with Crippen molar-refractivity contribution < 1.29 is 44.9 Å². The van der Waals surface area contributed by atoms with Crippen LogP contribution < -0.4 is 18.9 Å². The number of rotatable bonds is 13. The van der Waals surface area contributed by atoms with Crippen molar-refractivity contribution in [1.82, 2.24) is 29.7 Å². The second-order valence-electron chi connectivity index (χ2n) is 8.73. The van der Waals surface area contributed by atoms with Crippen LogP contribution in [0.1, 0.15) is 24.4 Å². The lowest BCUT2D eigenvalue weighted by Gasteiger charge is -2.23. The van der Waals surface area contributed by atoms with Gasteiger partial charge in [-0.2, -0.15) is 17.6 Å². The highest BCUT2D eigenvalue weighted by atomic mass is 32.2. The van der Waals surface area contributed by atoms with Gasteiger partial charge in [-0.25, -0.2) is 23.4 Å². The first-order valence-electron chi connectivity index (χ1n) is 12.3. The molecule has 43 heavy (non-hydrogen) atoms. The van der Waals surface area contributed by atoms with Crippen LogP contribution in [0.15, 0.2) is 48.8 Å². The monoisotopic (exact) mass is 627 g/mol. The van der Waals surface area contributed by atoms with Gasteiger partial charge in [-0.05, 0) is 37.6 Å². The number of nitrogens with zero attached hydrogens (tertiary/aromatic N) is 6. The molecule has 230 valence electrons. The molecule has 0 aliphatic heterocycles. The van der Waals surface area contributed by atoms with Crippen molar-refractivity contribution in [3.05, 3.63) is 60.2 Å². The Balaban J connectivity index is 1.90. The smallest absolute Gasteiger partial charge is 0.387 e. The van der Waals surface area contributed by atoms with E-state index in [4.69, 9.17) is 9.47 Å². The largest absolute Gasteiger partial charge is 0.481 e. The van der Waals surface area contributed by atoms with Crippen LogP contribution in [0.25, 0.3) is 17.2 Å². The summed E-state index contributed by atoms with van der Waals surface area (Å²) >= 11 is 0. The molecule has 0 aliphatic rings. The minimum atomic E-state index is -4.47. The maximum Gasteiger partial charge on any atom is 0.387 e. The van der Waals surface area contributed by atoms with Gasteiger partial charge in [0, 0.05) is 25.6 Å². The Bertz CT molecular complexity index is 1630. The van der Waals surface area contributed by atoms with Crippen molar-refractivity contribution >= 4 is 16.0 Å². The van der Waals surface area contributed by atoms with Crippen molar-refractivity contribution in [3.63, 3.8) is 0 Å². The number of aromatic nitrogens is 6. The van der Waals surface area contributed by atoms with Crippen molar-refractivity contribution in [1.29, 1.82) is 0 Å². The summed E-state index contributed by atoms with van der Waals surface area (Å²) in [6, 6.07) is 7.63. The molecule has 1 N–H and O–H groups in total. The standard InChI is InChI=1S/C25H25F4N7O6S/c1-13-11-30-21(31-12-13)20(40-4)14(2)43(37,38)35-25-34-33-22(15-7-5-10-18(32-15)39-3)36(25)19-16(41-23(26)27)8-6-9-17(19)42-24(28)29/h5-12,14,20,23-24H,1-4H3,(H,34,35)/t14-,20-/m0/s1. The number of nitrogens with one attached hydrogen (secondary N) is 1. The number of aryl methyl sites for hydroxylation is 1. The molecule has 0 unspecified atom stereocenters. The summed E-state index contributed by atoms with van der Waals surface area (Å²) in [7, 11) is -1.87. The van der Waals surface area contributed by atoms with E-state index in [-0.39, 0.29) is 23.2 Å². The van der Waals surface area contributed by atoms with E-state index < -0.39 is 57.7 Å². The van der Waals surface area contributed by atoms with Gasteiger partial charge in [-0.1, -0.05) is 12.1 Å². The van der Waals surface area contributed by atoms with E-state index in [2.05, 4.69) is 39.3 Å². The van der Waals surface area contributed by atoms with Gasteiger partial charge in [0.05, 0.1) is 7.11 Å². The average molecular weight is 628 g/mol. The van der Waals surface area contributed by atoms with Gasteiger partial charge in [0.1, 0.15) is 22.7 Å². The molecule has 4 rings (SSSR count). The molecule has 4 aromatic rings. The number of ether oxygens (including phenoxy) is 4. The fourth-order valence-electron chi connectivity index (χ4n) is 3.93. The molecular formula is C25H25F4N7O6S. The minimum absolute atomic E-state index is 0.00279. The summed E-state index contributed by atoms with van der Waals surface area (Å²) in [4.78, 5) is 12.5. The molecule has 0 aliphatic carbocycles. The summed E-state index contributed by atoms with van der Waals surface area (Å²) in [5.74, 6) is -2.02. The molecule has 0 bridgehead atoms. The third-order valence-corrected chi connectivity index (χ3v) is 7.59. The van der Waals surface area contributed by atoms with Gasteiger partial charge in [0.25, 0.3) is 0 Å². The second kappa shape index (κ2) is 13.2. The first-order chi connectivity index (χ1) is 20.4. The van der Waals surface area contributed by atoms with Crippen molar-refractivity contribution in [3.8, 4) is 34.6 Å². The van der Waals surface area contributed by atoms with Crippen LogP contribution in [0.2, 0.25) is 0 Å². The number of hydrogen-bond acceptors (Lipinski definition) is 11. The van der Waals surface area contributed by atoms with E-state index in [0.717, 1.165) is 28.3 Å². The number of alkyl halides is 4. The number of sulfonamides is 1. The molecule has 13 nitrogen and oxygen atoms in total. The minimum Gasteiger partial charge on any atom is -0.481 e. The van der Waals surface area contributed by atoms with Crippen LogP contribution in [0.3, 0.4) is 0 Å². The fraction of sp³-hybridized carbons (Fsp3) is 0.320. The Hall–Kier alpha value is -4.58. The van der Waals surface area contributed by atoms with Gasteiger partial charge in [-0.15, -0.1) is 10.2 Å². The zero-order chi connectivity index (χ0) is 31.3. The van der Waals surface area contributed by atoms with Crippen LogP contribution in [0.4, 0.5) is 23.5 Å². The summed E-state index contributed by atoms with van der Waals surface area (Å²) in [5.41, 5.74) is 0.164. The molecule has 0 saturated carbocycles. The summed E-state index contributed by atoms with van der Waals surface area (Å²) < 4.78 is 104. The lowest BCUT2D eigenvalue weighted by molar-refractivity contribution is -0.0542. The molecule has 2 atom stereocenters. The SMILES string of the molecule is COc1cccc(-c2nnc(NS(=O)(=O)[C@@H](C)[C@H](OC)c3ncc(C)cn3)n2-c2c(OC(F)F)cccc2OC(F)F)n1. The quantitative estimate of drug-likeness (QED) is 0.213. The van der Waals surface area contributed by atoms with E-state index >= 15 is 0 Å². The summed E-state index contributed by atoms with van der Waals surface area (Å²) in [6.45, 7) is -3.74. The Kier molecular flexibility index (Phi) is 9.59. The van der Waals surface area contributed by atoms with E-state index in [9.17, 15) is 26.0 Å². The van der Waals surface area contributed by atoms with Crippen molar-refractivity contribution in [2.45, 2.75) is 38.4 Å². The number of hydrogen-bond donors (Lipinski definition) is 1. The molecule has 3 heterocycles. The fourth-order valence-corrected chi connectivity index (χ4v) is 5.06. The topological polar surface area (TPSA) is 152 Å². The first kappa shape index (κ1) is 31.4. The molecule has 0 amide bonds. The number of pyridine rings is 1. The zero-order valence-corrected chi connectivity index (χ0v) is 23.8. The highest BCUT2D eigenvalue weighted by Crippen LogP contribution is 2.39. The molecular weight excluding hydrogens is 602 g/mol. The number of para-hydroxylation sites is 1. The third-order valence-electron chi connectivity index (χ3n) is 5.90. The molecule has 0 saturated heterocycles. The Morgan fingerprint density at radius 2 is 1.51 bits per heavy atom. The lowest BCUT2D eigenvalue weighted by atomic mass is 10.2. The summed E-state index contributed by atoms with van der Waals surface area (Å²) in [5, 5.41) is 6.50. The van der Waals surface area contributed by atoms with Crippen LogP contribution in [0, 0.1) is 6.92 Å². The molecule has 0 radical (unpaired) electrons. The van der Waals surface area contributed by atoms with Crippen LogP contribution in [0.5, 0.6) is 17.4 Å². The van der Waals surface area contributed by atoms with E-state index in [0.29, 0.717) is 0 Å². The molecule has 3 aromatic heterocycles. The third kappa shape index (κ3) is 7.08. The van der Waals surface area contributed by atoms with E-state index in [1.807, 2.05) is 0 Å². The average Bonchev–Trinajstić information content (AvgIpc) is 3.36. The number of halogens is 4. The lowest BCUT2D eigenvalue weighted by Crippen LogP contribution is -2.33. The highest BCUT2D eigenvalue weighted by molar-refractivity contribution is 7.93. The van der Waals surface area contributed by atoms with Crippen molar-refractivity contribution in [2.24, 2.45) is 0 Å². The number of anilines is 1. The molecule has 0 fully saturated rings. The zero-order valence-electron chi connectivity index (χ0n) is 23.0. The van der Waals surface area contributed by atoms with E-state index in [1.54, 1.807) is 6.92 Å². The van der Waals surface area contributed by atoms with Gasteiger partial charge < -0.3 is 18.9 Å². The maximum atomic E-state index is 13.6. The number of benzene rings is 1. The second-order valence-corrected chi connectivity index (χ2v) is 10.8. The summed E-state index contributed by atoms with van der Waals surface area (Å²) in [6.07, 6.45) is 1.80. The highest BCUT2D eigenvalue weighted by Gasteiger charge is 2.35. The van der Waals surface area contributed by atoms with Gasteiger partial charge in [0.2, 0.25) is 21.9 Å². The van der Waals surface area contributed by atoms with Gasteiger partial charge in [0.15, 0.2) is 23.1 Å². The Labute approximate surface area is 242 Å². The predicted molar refractivity (Wildman–Crippen MR) is 143 cm³/mol. The number of methoxy groups -OCH3 is 2. The normalized spacial score (nSPS) is 13.2. The first-order valence-corrected chi connectivity index (χ1v) is 13.8. The van der Waals surface area contributed by atoms with Gasteiger partial charge in [-0.3, -0.25) is 9.29 Å².